The summed E-state index contributed by atoms with van der Waals surface area (Å²) in [4.78, 5) is 0. The van der Waals surface area contributed by atoms with E-state index >= 15 is 0 Å². The molecule has 1 heterocycles. The third-order valence-corrected chi connectivity index (χ3v) is 2.73. The Morgan fingerprint density at radius 2 is 2.06 bits per heavy atom. The summed E-state index contributed by atoms with van der Waals surface area (Å²) in [6.07, 6.45) is 0. The molecule has 16 heavy (non-hydrogen) atoms. The number of hydrogen-bond donors (Lipinski definition) is 1. The third-order valence-electron chi connectivity index (χ3n) is 2.73. The van der Waals surface area contributed by atoms with Crippen LogP contribution in [0.2, 0.25) is 0 Å². The summed E-state index contributed by atoms with van der Waals surface area (Å²) in [6.45, 7) is 10.5. The minimum atomic E-state index is 0.292. The van der Waals surface area contributed by atoms with Crippen LogP contribution in [0.4, 0.5) is 0 Å². The fourth-order valence-electron chi connectivity index (χ4n) is 1.62. The summed E-state index contributed by atoms with van der Waals surface area (Å²) >= 11 is 0. The van der Waals surface area contributed by atoms with Gasteiger partial charge in [0.15, 0.2) is 0 Å². The lowest BCUT2D eigenvalue weighted by Gasteiger charge is -2.18. The Hall–Kier alpha value is -1.27. The lowest BCUT2D eigenvalue weighted by molar-refractivity contribution is 0.379. The molecule has 1 aromatic rings. The first-order valence-corrected chi connectivity index (χ1v) is 5.61. The van der Waals surface area contributed by atoms with Crippen LogP contribution in [0.1, 0.15) is 37.7 Å². The predicted molar refractivity (Wildman–Crippen MR) is 66.0 cm³/mol. The second kappa shape index (κ2) is 4.71. The maximum atomic E-state index is 8.92. The first-order chi connectivity index (χ1) is 7.35. The molecule has 88 valence electrons. The first-order valence-electron chi connectivity index (χ1n) is 5.61. The van der Waals surface area contributed by atoms with E-state index in [-0.39, 0.29) is 0 Å². The van der Waals surface area contributed by atoms with Crippen molar-refractivity contribution in [3.05, 3.63) is 23.0 Å². The number of nitriles is 1. The van der Waals surface area contributed by atoms with Crippen molar-refractivity contribution in [2.45, 2.75) is 34.2 Å². The van der Waals surface area contributed by atoms with Crippen molar-refractivity contribution in [1.29, 1.82) is 5.26 Å². The fourth-order valence-corrected chi connectivity index (χ4v) is 1.62. The molecule has 3 nitrogen and oxygen atoms in total. The maximum Gasteiger partial charge on any atom is 0.120 e. The molecule has 0 radical (unpaired) electrons. The summed E-state index contributed by atoms with van der Waals surface area (Å²) < 4.78 is 1.94. The van der Waals surface area contributed by atoms with Crippen molar-refractivity contribution in [2.24, 2.45) is 12.5 Å². The van der Waals surface area contributed by atoms with Gasteiger partial charge in [-0.25, -0.2) is 0 Å². The zero-order chi connectivity index (χ0) is 12.3. The van der Waals surface area contributed by atoms with E-state index in [0.29, 0.717) is 5.41 Å². The van der Waals surface area contributed by atoms with Gasteiger partial charge in [-0.05, 0) is 24.0 Å². The molecular formula is C13H21N3. The SMILES string of the molecule is Cc1c(CNCC(C)(C)C)cc(C#N)n1C. The van der Waals surface area contributed by atoms with Gasteiger partial charge < -0.3 is 9.88 Å². The highest BCUT2D eigenvalue weighted by molar-refractivity contribution is 5.33. The van der Waals surface area contributed by atoms with Gasteiger partial charge in [-0.2, -0.15) is 5.26 Å². The highest BCUT2D eigenvalue weighted by atomic mass is 15.0. The van der Waals surface area contributed by atoms with E-state index in [1.165, 1.54) is 5.56 Å². The quantitative estimate of drug-likeness (QED) is 0.847. The predicted octanol–water partition coefficient (Wildman–Crippen LogP) is 2.34. The number of rotatable bonds is 3. The molecule has 0 saturated carbocycles. The first kappa shape index (κ1) is 12.8. The van der Waals surface area contributed by atoms with Crippen LogP contribution >= 0.6 is 0 Å². The van der Waals surface area contributed by atoms with Gasteiger partial charge in [-0.1, -0.05) is 20.8 Å². The second-order valence-electron chi connectivity index (χ2n) is 5.48. The zero-order valence-electron chi connectivity index (χ0n) is 10.9. The second-order valence-corrected chi connectivity index (χ2v) is 5.48. The van der Waals surface area contributed by atoms with Crippen LogP contribution in [0.15, 0.2) is 6.07 Å². The largest absolute Gasteiger partial charge is 0.340 e. The molecule has 0 saturated heterocycles. The number of nitrogens with zero attached hydrogens (tertiary/aromatic N) is 2. The summed E-state index contributed by atoms with van der Waals surface area (Å²) in [5, 5.41) is 12.3. The zero-order valence-corrected chi connectivity index (χ0v) is 10.9. The van der Waals surface area contributed by atoms with Crippen LogP contribution in [0.5, 0.6) is 0 Å². The average molecular weight is 219 g/mol. The summed E-state index contributed by atoms with van der Waals surface area (Å²) in [7, 11) is 1.93. The van der Waals surface area contributed by atoms with Gasteiger partial charge in [-0.15, -0.1) is 0 Å². The molecule has 0 fully saturated rings. The van der Waals surface area contributed by atoms with Crippen LogP contribution in [0, 0.1) is 23.7 Å². The van der Waals surface area contributed by atoms with E-state index in [2.05, 4.69) is 39.1 Å². The molecule has 0 aliphatic carbocycles. The molecule has 3 heteroatoms. The average Bonchev–Trinajstić information content (AvgIpc) is 2.44. The Bertz CT molecular complexity index is 402. The van der Waals surface area contributed by atoms with Gasteiger partial charge in [0, 0.05) is 25.8 Å². The van der Waals surface area contributed by atoms with Gasteiger partial charge >= 0.3 is 0 Å². The van der Waals surface area contributed by atoms with Gasteiger partial charge in [0.1, 0.15) is 11.8 Å². The molecule has 0 atom stereocenters. The molecule has 0 spiro atoms. The number of nitrogens with one attached hydrogen (secondary N) is 1. The van der Waals surface area contributed by atoms with Crippen LogP contribution in [0.25, 0.3) is 0 Å². The standard InChI is InChI=1S/C13H21N3/c1-10-11(6-12(7-14)16(10)5)8-15-9-13(2,3)4/h6,15H,8-9H2,1-5H3. The molecule has 0 amide bonds. The minimum absolute atomic E-state index is 0.292. The van der Waals surface area contributed by atoms with E-state index < -0.39 is 0 Å². The van der Waals surface area contributed by atoms with Crippen LogP contribution < -0.4 is 5.32 Å². The molecule has 0 unspecified atom stereocenters. The van der Waals surface area contributed by atoms with Crippen molar-refractivity contribution in [3.63, 3.8) is 0 Å². The molecular weight excluding hydrogens is 198 g/mol. The Balaban J connectivity index is 2.66. The topological polar surface area (TPSA) is 40.8 Å². The Labute approximate surface area is 98.1 Å². The maximum absolute atomic E-state index is 8.92. The van der Waals surface area contributed by atoms with Gasteiger partial charge in [0.2, 0.25) is 0 Å². The Morgan fingerprint density at radius 1 is 1.44 bits per heavy atom. The van der Waals surface area contributed by atoms with Crippen molar-refractivity contribution in [2.75, 3.05) is 6.54 Å². The highest BCUT2D eigenvalue weighted by Gasteiger charge is 2.11. The van der Waals surface area contributed by atoms with E-state index in [1.54, 1.807) is 0 Å². The minimum Gasteiger partial charge on any atom is -0.340 e. The van der Waals surface area contributed by atoms with Gasteiger partial charge in [0.05, 0.1) is 0 Å². The van der Waals surface area contributed by atoms with Crippen molar-refractivity contribution in [3.8, 4) is 6.07 Å². The Morgan fingerprint density at radius 3 is 2.50 bits per heavy atom. The van der Waals surface area contributed by atoms with Crippen molar-refractivity contribution < 1.29 is 0 Å². The van der Waals surface area contributed by atoms with Gasteiger partial charge in [-0.3, -0.25) is 0 Å². The van der Waals surface area contributed by atoms with Gasteiger partial charge in [0.25, 0.3) is 0 Å². The van der Waals surface area contributed by atoms with Crippen molar-refractivity contribution in [1.82, 2.24) is 9.88 Å². The summed E-state index contributed by atoms with van der Waals surface area (Å²) in [5.74, 6) is 0. The van der Waals surface area contributed by atoms with Crippen LogP contribution in [-0.2, 0) is 13.6 Å². The number of hydrogen-bond acceptors (Lipinski definition) is 2. The summed E-state index contributed by atoms with van der Waals surface area (Å²) in [6, 6.07) is 4.16. The monoisotopic (exact) mass is 219 g/mol. The number of aromatic nitrogens is 1. The van der Waals surface area contributed by atoms with Crippen molar-refractivity contribution >= 4 is 0 Å². The lowest BCUT2D eigenvalue weighted by atomic mass is 9.97. The highest BCUT2D eigenvalue weighted by Crippen LogP contribution is 2.14. The lowest BCUT2D eigenvalue weighted by Crippen LogP contribution is -2.26. The van der Waals surface area contributed by atoms with Crippen LogP contribution in [0.3, 0.4) is 0 Å². The Kier molecular flexibility index (Phi) is 3.77. The molecule has 0 bridgehead atoms. The van der Waals surface area contributed by atoms with E-state index in [4.69, 9.17) is 5.26 Å². The molecule has 1 rings (SSSR count). The van der Waals surface area contributed by atoms with E-state index in [9.17, 15) is 0 Å². The fraction of sp³-hybridized carbons (Fsp3) is 0.615. The van der Waals surface area contributed by atoms with Crippen LogP contribution in [-0.4, -0.2) is 11.1 Å². The molecule has 0 aliphatic heterocycles. The molecule has 0 aliphatic rings. The van der Waals surface area contributed by atoms with E-state index in [0.717, 1.165) is 24.5 Å². The van der Waals surface area contributed by atoms with E-state index in [1.807, 2.05) is 17.7 Å². The molecule has 1 N–H and O–H groups in total. The normalized spacial score (nSPS) is 11.5. The smallest absolute Gasteiger partial charge is 0.120 e. The third kappa shape index (κ3) is 3.11. The molecule has 1 aromatic heterocycles. The summed E-state index contributed by atoms with van der Waals surface area (Å²) in [5.41, 5.74) is 3.40. The molecule has 0 aromatic carbocycles.